The van der Waals surface area contributed by atoms with Gasteiger partial charge in [0, 0.05) is 6.54 Å². The average Bonchev–Trinajstić information content (AvgIpc) is 2.91. The van der Waals surface area contributed by atoms with Crippen LogP contribution in [0.2, 0.25) is 0 Å². The largest absolute Gasteiger partial charge is 0.381 e. The van der Waals surface area contributed by atoms with Crippen LogP contribution < -0.4 is 10.6 Å². The van der Waals surface area contributed by atoms with Crippen LogP contribution >= 0.6 is 15.9 Å². The van der Waals surface area contributed by atoms with Gasteiger partial charge in [0.05, 0.1) is 12.2 Å². The number of nitrogens with zero attached hydrogens (tertiary/aromatic N) is 3. The van der Waals surface area contributed by atoms with E-state index < -0.39 is 0 Å². The topological polar surface area (TPSA) is 55.0 Å². The van der Waals surface area contributed by atoms with Gasteiger partial charge in [-0.05, 0) is 34.3 Å². The molecule has 1 aliphatic heterocycles. The summed E-state index contributed by atoms with van der Waals surface area (Å²) in [5.41, 5.74) is 7.28. The highest BCUT2D eigenvalue weighted by Crippen LogP contribution is 2.37. The zero-order valence-electron chi connectivity index (χ0n) is 10.5. The predicted octanol–water partition coefficient (Wildman–Crippen LogP) is 3.16. The fourth-order valence-corrected chi connectivity index (χ4v) is 2.89. The highest BCUT2D eigenvalue weighted by atomic mass is 79.9. The fourth-order valence-electron chi connectivity index (χ4n) is 2.62. The highest BCUT2D eigenvalue weighted by Gasteiger charge is 2.28. The summed E-state index contributed by atoms with van der Waals surface area (Å²) in [4.78, 5) is 10.9. The number of aromatic nitrogens is 2. The standard InChI is InChI=1S/C14H15BrN4/c15-12-9-17-13(16)14(18-12)19-8-4-7-11(19)10-5-2-1-3-6-10/h1-3,5-6,9,11H,4,7-8H2,(H2,16,17)/t11-/m1/s1. The Morgan fingerprint density at radius 3 is 2.84 bits per heavy atom. The van der Waals surface area contributed by atoms with E-state index in [4.69, 9.17) is 5.73 Å². The molecule has 0 aliphatic carbocycles. The first-order valence-electron chi connectivity index (χ1n) is 6.35. The van der Waals surface area contributed by atoms with E-state index in [1.54, 1.807) is 6.20 Å². The van der Waals surface area contributed by atoms with Gasteiger partial charge in [0.15, 0.2) is 11.6 Å². The third-order valence-corrected chi connectivity index (χ3v) is 3.84. The van der Waals surface area contributed by atoms with Gasteiger partial charge in [-0.1, -0.05) is 30.3 Å². The van der Waals surface area contributed by atoms with Crippen LogP contribution in [-0.2, 0) is 0 Å². The zero-order valence-corrected chi connectivity index (χ0v) is 12.0. The Morgan fingerprint density at radius 1 is 1.26 bits per heavy atom. The van der Waals surface area contributed by atoms with Gasteiger partial charge < -0.3 is 10.6 Å². The van der Waals surface area contributed by atoms with Gasteiger partial charge in [0.25, 0.3) is 0 Å². The molecule has 3 rings (SSSR count). The van der Waals surface area contributed by atoms with Crippen LogP contribution in [0.4, 0.5) is 11.6 Å². The molecule has 1 saturated heterocycles. The first-order valence-corrected chi connectivity index (χ1v) is 7.14. The Bertz CT molecular complexity index is 573. The maximum Gasteiger partial charge on any atom is 0.173 e. The van der Waals surface area contributed by atoms with Gasteiger partial charge in [0.1, 0.15) is 4.60 Å². The Kier molecular flexibility index (Phi) is 3.38. The quantitative estimate of drug-likeness (QED) is 0.924. The van der Waals surface area contributed by atoms with Crippen LogP contribution in [0.25, 0.3) is 0 Å². The molecular formula is C14H15BrN4. The molecular weight excluding hydrogens is 304 g/mol. The number of halogens is 1. The lowest BCUT2D eigenvalue weighted by molar-refractivity contribution is 0.710. The van der Waals surface area contributed by atoms with E-state index in [1.807, 2.05) is 6.07 Å². The molecule has 0 radical (unpaired) electrons. The molecule has 2 aromatic rings. The second-order valence-electron chi connectivity index (χ2n) is 4.66. The minimum Gasteiger partial charge on any atom is -0.381 e. The highest BCUT2D eigenvalue weighted by molar-refractivity contribution is 9.10. The molecule has 1 aromatic heterocycles. The van der Waals surface area contributed by atoms with E-state index >= 15 is 0 Å². The van der Waals surface area contributed by atoms with Crippen LogP contribution in [0, 0.1) is 0 Å². The zero-order chi connectivity index (χ0) is 13.2. The number of anilines is 2. The number of nitrogen functional groups attached to an aromatic ring is 1. The summed E-state index contributed by atoms with van der Waals surface area (Å²) in [5, 5.41) is 0. The summed E-state index contributed by atoms with van der Waals surface area (Å²) in [7, 11) is 0. The number of nitrogens with two attached hydrogens (primary N) is 1. The second-order valence-corrected chi connectivity index (χ2v) is 5.48. The van der Waals surface area contributed by atoms with Crippen molar-refractivity contribution in [2.75, 3.05) is 17.2 Å². The lowest BCUT2D eigenvalue weighted by Gasteiger charge is -2.26. The van der Waals surface area contributed by atoms with E-state index in [0.29, 0.717) is 11.9 Å². The summed E-state index contributed by atoms with van der Waals surface area (Å²) in [6.07, 6.45) is 3.90. The Morgan fingerprint density at radius 2 is 2.05 bits per heavy atom. The molecule has 19 heavy (non-hydrogen) atoms. The lowest BCUT2D eigenvalue weighted by atomic mass is 10.0. The van der Waals surface area contributed by atoms with Gasteiger partial charge in [-0.3, -0.25) is 0 Å². The van der Waals surface area contributed by atoms with Crippen LogP contribution in [0.5, 0.6) is 0 Å². The minimum absolute atomic E-state index is 0.340. The monoisotopic (exact) mass is 318 g/mol. The normalized spacial score (nSPS) is 18.8. The van der Waals surface area contributed by atoms with Crippen LogP contribution in [0.1, 0.15) is 24.4 Å². The van der Waals surface area contributed by atoms with Crippen LogP contribution in [-0.4, -0.2) is 16.5 Å². The van der Waals surface area contributed by atoms with Crippen LogP contribution in [0.3, 0.4) is 0 Å². The van der Waals surface area contributed by atoms with Crippen molar-refractivity contribution in [1.29, 1.82) is 0 Å². The average molecular weight is 319 g/mol. The van der Waals surface area contributed by atoms with E-state index in [-0.39, 0.29) is 0 Å². The Hall–Kier alpha value is -1.62. The molecule has 2 heterocycles. The van der Waals surface area contributed by atoms with E-state index in [0.717, 1.165) is 29.8 Å². The SMILES string of the molecule is Nc1ncc(Br)nc1N1CCC[C@@H]1c1ccccc1. The Balaban J connectivity index is 1.97. The molecule has 1 atom stereocenters. The van der Waals surface area contributed by atoms with Crippen molar-refractivity contribution in [3.05, 3.63) is 46.7 Å². The molecule has 0 amide bonds. The van der Waals surface area contributed by atoms with E-state index in [9.17, 15) is 0 Å². The van der Waals surface area contributed by atoms with Crippen molar-refractivity contribution in [3.63, 3.8) is 0 Å². The third-order valence-electron chi connectivity index (χ3n) is 3.46. The first-order chi connectivity index (χ1) is 9.25. The molecule has 0 bridgehead atoms. The predicted molar refractivity (Wildman–Crippen MR) is 79.9 cm³/mol. The van der Waals surface area contributed by atoms with Gasteiger partial charge in [0.2, 0.25) is 0 Å². The van der Waals surface area contributed by atoms with E-state index in [2.05, 4.69) is 55.1 Å². The third kappa shape index (κ3) is 2.42. The van der Waals surface area contributed by atoms with E-state index in [1.165, 1.54) is 5.56 Å². The smallest absolute Gasteiger partial charge is 0.173 e. The van der Waals surface area contributed by atoms with Gasteiger partial charge in [-0.25, -0.2) is 9.97 Å². The molecule has 1 fully saturated rings. The van der Waals surface area contributed by atoms with Crippen molar-refractivity contribution >= 4 is 27.6 Å². The van der Waals surface area contributed by atoms with Gasteiger partial charge >= 0.3 is 0 Å². The summed E-state index contributed by atoms with van der Waals surface area (Å²) < 4.78 is 0.718. The Labute approximate surface area is 120 Å². The fraction of sp³-hybridized carbons (Fsp3) is 0.286. The molecule has 5 heteroatoms. The molecule has 0 spiro atoms. The minimum atomic E-state index is 0.340. The summed E-state index contributed by atoms with van der Waals surface area (Å²) >= 11 is 3.36. The molecule has 98 valence electrons. The van der Waals surface area contributed by atoms with Crippen molar-refractivity contribution in [2.24, 2.45) is 0 Å². The molecule has 4 nitrogen and oxygen atoms in total. The number of hydrogen-bond acceptors (Lipinski definition) is 4. The van der Waals surface area contributed by atoms with Gasteiger partial charge in [-0.15, -0.1) is 0 Å². The maximum atomic E-state index is 5.97. The van der Waals surface area contributed by atoms with Crippen molar-refractivity contribution < 1.29 is 0 Å². The van der Waals surface area contributed by atoms with Crippen molar-refractivity contribution in [1.82, 2.24) is 9.97 Å². The van der Waals surface area contributed by atoms with Crippen molar-refractivity contribution in [2.45, 2.75) is 18.9 Å². The first kappa shape index (κ1) is 12.4. The molecule has 2 N–H and O–H groups in total. The lowest BCUT2D eigenvalue weighted by Crippen LogP contribution is -2.25. The molecule has 0 unspecified atom stereocenters. The molecule has 0 saturated carbocycles. The van der Waals surface area contributed by atoms with Crippen molar-refractivity contribution in [3.8, 4) is 0 Å². The summed E-state index contributed by atoms with van der Waals surface area (Å²) in [6.45, 7) is 0.967. The number of benzene rings is 1. The summed E-state index contributed by atoms with van der Waals surface area (Å²) in [5.74, 6) is 1.27. The second kappa shape index (κ2) is 5.17. The summed E-state index contributed by atoms with van der Waals surface area (Å²) in [6, 6.07) is 10.8. The molecule has 1 aromatic carbocycles. The number of hydrogen-bond donors (Lipinski definition) is 1. The van der Waals surface area contributed by atoms with Crippen LogP contribution in [0.15, 0.2) is 41.1 Å². The number of rotatable bonds is 2. The maximum absolute atomic E-state index is 5.97. The van der Waals surface area contributed by atoms with Gasteiger partial charge in [-0.2, -0.15) is 0 Å². The molecule has 1 aliphatic rings.